The van der Waals surface area contributed by atoms with E-state index in [4.69, 9.17) is 9.84 Å². The molecular weight excluding hydrogens is 256 g/mol. The number of unbranched alkanes of at least 4 members (excludes halogenated alkanes) is 5. The fourth-order valence-corrected chi connectivity index (χ4v) is 2.79. The van der Waals surface area contributed by atoms with Gasteiger partial charge < -0.3 is 14.9 Å². The van der Waals surface area contributed by atoms with Crippen LogP contribution in [0.25, 0.3) is 0 Å². The Morgan fingerprint density at radius 1 is 1.15 bits per heavy atom. The van der Waals surface area contributed by atoms with Gasteiger partial charge in [0.1, 0.15) is 0 Å². The molecule has 0 spiro atoms. The number of hydrogen-bond acceptors (Lipinski definition) is 3. The SMILES string of the molecule is CCCCCCCCOCC1(O)CCC(C(=O)O)CC1. The smallest absolute Gasteiger partial charge is 0.306 e. The first kappa shape index (κ1) is 17.4. The average molecular weight is 286 g/mol. The molecule has 0 aromatic heterocycles. The minimum Gasteiger partial charge on any atom is -0.481 e. The summed E-state index contributed by atoms with van der Waals surface area (Å²) in [5.41, 5.74) is -0.797. The molecule has 0 saturated heterocycles. The van der Waals surface area contributed by atoms with Gasteiger partial charge in [-0.3, -0.25) is 4.79 Å². The number of carboxylic acids is 1. The molecule has 1 aliphatic rings. The molecule has 1 saturated carbocycles. The molecule has 0 aromatic carbocycles. The van der Waals surface area contributed by atoms with E-state index in [1.54, 1.807) is 0 Å². The van der Waals surface area contributed by atoms with Crippen LogP contribution < -0.4 is 0 Å². The maximum atomic E-state index is 10.9. The Bertz CT molecular complexity index is 270. The van der Waals surface area contributed by atoms with Crippen LogP contribution in [0.15, 0.2) is 0 Å². The van der Waals surface area contributed by atoms with E-state index in [1.165, 1.54) is 32.1 Å². The first-order chi connectivity index (χ1) is 9.57. The topological polar surface area (TPSA) is 66.8 Å². The molecule has 1 fully saturated rings. The molecule has 0 bridgehead atoms. The zero-order valence-electron chi connectivity index (χ0n) is 12.8. The number of rotatable bonds is 10. The fourth-order valence-electron chi connectivity index (χ4n) is 2.79. The first-order valence-electron chi connectivity index (χ1n) is 8.10. The van der Waals surface area contributed by atoms with Gasteiger partial charge in [-0.05, 0) is 32.1 Å². The van der Waals surface area contributed by atoms with Crippen molar-refractivity contribution < 1.29 is 19.7 Å². The lowest BCUT2D eigenvalue weighted by Crippen LogP contribution is -2.40. The summed E-state index contributed by atoms with van der Waals surface area (Å²) in [4.78, 5) is 10.9. The molecule has 1 rings (SSSR count). The summed E-state index contributed by atoms with van der Waals surface area (Å²) in [6.07, 6.45) is 9.60. The normalized spacial score (nSPS) is 26.6. The molecule has 20 heavy (non-hydrogen) atoms. The zero-order chi connectivity index (χ0) is 14.8. The Balaban J connectivity index is 2.03. The van der Waals surface area contributed by atoms with Crippen LogP contribution >= 0.6 is 0 Å². The van der Waals surface area contributed by atoms with Crippen molar-refractivity contribution in [2.24, 2.45) is 5.92 Å². The number of ether oxygens (including phenoxy) is 1. The largest absolute Gasteiger partial charge is 0.481 e. The summed E-state index contributed by atoms with van der Waals surface area (Å²) < 4.78 is 5.58. The minimum atomic E-state index is -0.797. The fraction of sp³-hybridized carbons (Fsp3) is 0.938. The van der Waals surface area contributed by atoms with Crippen LogP contribution in [0.5, 0.6) is 0 Å². The molecule has 2 N–H and O–H groups in total. The molecule has 0 atom stereocenters. The highest BCUT2D eigenvalue weighted by atomic mass is 16.5. The van der Waals surface area contributed by atoms with Crippen LogP contribution in [0.4, 0.5) is 0 Å². The molecule has 0 unspecified atom stereocenters. The van der Waals surface area contributed by atoms with Crippen LogP contribution in [-0.2, 0) is 9.53 Å². The van der Waals surface area contributed by atoms with Gasteiger partial charge in [-0.1, -0.05) is 39.0 Å². The molecule has 0 aliphatic heterocycles. The second-order valence-corrected chi connectivity index (χ2v) is 6.16. The lowest BCUT2D eigenvalue weighted by molar-refractivity contribution is -0.146. The lowest BCUT2D eigenvalue weighted by atomic mass is 9.79. The third-order valence-corrected chi connectivity index (χ3v) is 4.28. The maximum absolute atomic E-state index is 10.9. The van der Waals surface area contributed by atoms with Gasteiger partial charge in [0.25, 0.3) is 0 Å². The Morgan fingerprint density at radius 2 is 1.75 bits per heavy atom. The van der Waals surface area contributed by atoms with Crippen LogP contribution in [0.2, 0.25) is 0 Å². The van der Waals surface area contributed by atoms with Crippen molar-refractivity contribution in [1.29, 1.82) is 0 Å². The molecule has 0 amide bonds. The number of aliphatic carboxylic acids is 1. The molecule has 4 heteroatoms. The van der Waals surface area contributed by atoms with Gasteiger partial charge in [0.15, 0.2) is 0 Å². The van der Waals surface area contributed by atoms with Crippen molar-refractivity contribution in [3.63, 3.8) is 0 Å². The van der Waals surface area contributed by atoms with Crippen LogP contribution in [-0.4, -0.2) is 35.0 Å². The Morgan fingerprint density at radius 3 is 2.35 bits per heavy atom. The van der Waals surface area contributed by atoms with E-state index in [-0.39, 0.29) is 5.92 Å². The summed E-state index contributed by atoms with van der Waals surface area (Å²) in [7, 11) is 0. The van der Waals surface area contributed by atoms with Crippen molar-refractivity contribution >= 4 is 5.97 Å². The Kier molecular flexibility index (Phi) is 8.15. The summed E-state index contributed by atoms with van der Waals surface area (Å²) in [6.45, 7) is 3.27. The quantitative estimate of drug-likeness (QED) is 0.604. The first-order valence-corrected chi connectivity index (χ1v) is 8.10. The van der Waals surface area contributed by atoms with Crippen LogP contribution in [0.1, 0.15) is 71.1 Å². The van der Waals surface area contributed by atoms with Gasteiger partial charge in [-0.15, -0.1) is 0 Å². The Labute approximate surface area is 122 Å². The molecule has 0 radical (unpaired) electrons. The molecule has 118 valence electrons. The van der Waals surface area contributed by atoms with Crippen LogP contribution in [0.3, 0.4) is 0 Å². The van der Waals surface area contributed by atoms with E-state index in [0.717, 1.165) is 6.42 Å². The predicted octanol–water partition coefficient (Wildman–Crippen LogP) is 3.37. The van der Waals surface area contributed by atoms with Crippen molar-refractivity contribution in [3.05, 3.63) is 0 Å². The minimum absolute atomic E-state index is 0.283. The third-order valence-electron chi connectivity index (χ3n) is 4.28. The van der Waals surface area contributed by atoms with E-state index >= 15 is 0 Å². The monoisotopic (exact) mass is 286 g/mol. The highest BCUT2D eigenvalue weighted by Gasteiger charge is 2.35. The maximum Gasteiger partial charge on any atom is 0.306 e. The van der Waals surface area contributed by atoms with Gasteiger partial charge in [0, 0.05) is 6.61 Å². The molecule has 0 heterocycles. The summed E-state index contributed by atoms with van der Waals surface area (Å²) >= 11 is 0. The van der Waals surface area contributed by atoms with Gasteiger partial charge in [-0.25, -0.2) is 0 Å². The molecule has 0 aromatic rings. The number of aliphatic hydroxyl groups is 1. The third kappa shape index (κ3) is 6.71. The molecule has 1 aliphatic carbocycles. The van der Waals surface area contributed by atoms with Gasteiger partial charge in [-0.2, -0.15) is 0 Å². The van der Waals surface area contributed by atoms with Crippen LogP contribution in [0, 0.1) is 5.92 Å². The molecule has 4 nitrogen and oxygen atoms in total. The lowest BCUT2D eigenvalue weighted by Gasteiger charge is -2.34. The second kappa shape index (κ2) is 9.35. The zero-order valence-corrected chi connectivity index (χ0v) is 12.8. The van der Waals surface area contributed by atoms with Crippen molar-refractivity contribution in [2.75, 3.05) is 13.2 Å². The van der Waals surface area contributed by atoms with Crippen molar-refractivity contribution in [1.82, 2.24) is 0 Å². The highest BCUT2D eigenvalue weighted by molar-refractivity contribution is 5.70. The van der Waals surface area contributed by atoms with E-state index in [2.05, 4.69) is 6.92 Å². The van der Waals surface area contributed by atoms with Gasteiger partial charge in [0.05, 0.1) is 18.1 Å². The number of hydrogen-bond donors (Lipinski definition) is 2. The Hall–Kier alpha value is -0.610. The predicted molar refractivity (Wildman–Crippen MR) is 78.7 cm³/mol. The van der Waals surface area contributed by atoms with Crippen molar-refractivity contribution in [2.45, 2.75) is 76.7 Å². The average Bonchev–Trinajstić information content (AvgIpc) is 2.42. The van der Waals surface area contributed by atoms with Gasteiger partial charge in [0.2, 0.25) is 0 Å². The standard InChI is InChI=1S/C16H30O4/c1-2-3-4-5-6-7-12-20-13-16(19)10-8-14(9-11-16)15(17)18/h14,19H,2-13H2,1H3,(H,17,18). The number of carboxylic acid groups (broad SMARTS) is 1. The van der Waals surface area contributed by atoms with E-state index in [1.807, 2.05) is 0 Å². The van der Waals surface area contributed by atoms with E-state index in [0.29, 0.717) is 38.9 Å². The van der Waals surface area contributed by atoms with E-state index in [9.17, 15) is 9.90 Å². The van der Waals surface area contributed by atoms with Gasteiger partial charge >= 0.3 is 5.97 Å². The highest BCUT2D eigenvalue weighted by Crippen LogP contribution is 2.32. The summed E-state index contributed by atoms with van der Waals surface area (Å²) in [5, 5.41) is 19.3. The summed E-state index contributed by atoms with van der Waals surface area (Å²) in [5.74, 6) is -1.02. The van der Waals surface area contributed by atoms with Crippen molar-refractivity contribution in [3.8, 4) is 0 Å². The second-order valence-electron chi connectivity index (χ2n) is 6.16. The number of carbonyl (C=O) groups is 1. The van der Waals surface area contributed by atoms with E-state index < -0.39 is 11.6 Å². The summed E-state index contributed by atoms with van der Waals surface area (Å²) in [6, 6.07) is 0. The molecular formula is C16H30O4.